The summed E-state index contributed by atoms with van der Waals surface area (Å²) in [7, 11) is 2.98. The van der Waals surface area contributed by atoms with E-state index in [2.05, 4.69) is 4.98 Å². The fourth-order valence-corrected chi connectivity index (χ4v) is 4.58. The highest BCUT2D eigenvalue weighted by atomic mass is 16.5. The quantitative estimate of drug-likeness (QED) is 0.731. The summed E-state index contributed by atoms with van der Waals surface area (Å²) >= 11 is 0. The Morgan fingerprint density at radius 1 is 1.18 bits per heavy atom. The van der Waals surface area contributed by atoms with Gasteiger partial charge in [0.1, 0.15) is 6.04 Å². The van der Waals surface area contributed by atoms with Crippen LogP contribution in [0.2, 0.25) is 0 Å². The van der Waals surface area contributed by atoms with Crippen LogP contribution in [0, 0.1) is 0 Å². The average Bonchev–Trinajstić information content (AvgIpc) is 3.22. The predicted octanol–water partition coefficient (Wildman–Crippen LogP) is 2.74. The first-order chi connectivity index (χ1) is 13.6. The summed E-state index contributed by atoms with van der Waals surface area (Å²) in [6.45, 7) is 0. The first-order valence-corrected chi connectivity index (χ1v) is 8.96. The number of amides is 1. The third-order valence-electron chi connectivity index (χ3n) is 5.74. The van der Waals surface area contributed by atoms with E-state index in [-0.39, 0.29) is 12.3 Å². The van der Waals surface area contributed by atoms with Crippen LogP contribution in [0.5, 0.6) is 11.5 Å². The van der Waals surface area contributed by atoms with Gasteiger partial charge in [0.2, 0.25) is 0 Å². The van der Waals surface area contributed by atoms with Gasteiger partial charge in [0.15, 0.2) is 11.5 Å². The minimum absolute atomic E-state index is 0.254. The summed E-state index contributed by atoms with van der Waals surface area (Å²) < 4.78 is 10.8. The number of H-pyrrole nitrogens is 1. The number of nitrogens with one attached hydrogen (secondary N) is 1. The Morgan fingerprint density at radius 2 is 1.96 bits per heavy atom. The van der Waals surface area contributed by atoms with Crippen LogP contribution in [-0.4, -0.2) is 47.1 Å². The van der Waals surface area contributed by atoms with Gasteiger partial charge in [0.05, 0.1) is 25.8 Å². The summed E-state index contributed by atoms with van der Waals surface area (Å²) in [5.74, 6) is -0.597. The number of benzene rings is 2. The number of carboxylic acids is 1. The summed E-state index contributed by atoms with van der Waals surface area (Å²) in [6, 6.07) is 9.91. The van der Waals surface area contributed by atoms with Crippen LogP contribution in [0.15, 0.2) is 36.4 Å². The largest absolute Gasteiger partial charge is 0.493 e. The number of fused-ring (bicyclic) bond motifs is 7. The maximum Gasteiger partial charge on any atom is 0.326 e. The van der Waals surface area contributed by atoms with Crippen molar-refractivity contribution in [2.24, 2.45) is 0 Å². The Balaban J connectivity index is 1.82. The van der Waals surface area contributed by atoms with E-state index in [1.165, 1.54) is 19.1 Å². The third kappa shape index (κ3) is 1.98. The maximum atomic E-state index is 13.3. The predicted molar refractivity (Wildman–Crippen MR) is 101 cm³/mol. The number of carboxylic acid groups (broad SMARTS) is 1. The number of hydrogen-bond acceptors (Lipinski definition) is 4. The number of hydrogen-bond donors (Lipinski definition) is 2. The standard InChI is InChI=1S/C21H18N2O5/c1-27-15-8-7-11-16(19(15)28-2)20(24)23-14(21(25)26)9-12-10-5-3-4-6-13(10)22-17(12)18(11)23/h3-8,14,18,22H,9H2,1-2H3,(H,25,26)/t14-,18?/m0/s1. The van der Waals surface area contributed by atoms with Crippen molar-refractivity contribution in [2.45, 2.75) is 18.5 Å². The van der Waals surface area contributed by atoms with Gasteiger partial charge in [-0.3, -0.25) is 4.79 Å². The Kier molecular flexibility index (Phi) is 3.43. The maximum absolute atomic E-state index is 13.3. The van der Waals surface area contributed by atoms with E-state index in [1.807, 2.05) is 30.3 Å². The Morgan fingerprint density at radius 3 is 2.68 bits per heavy atom. The van der Waals surface area contributed by atoms with Gasteiger partial charge in [0, 0.05) is 23.0 Å². The molecule has 5 rings (SSSR count). The third-order valence-corrected chi connectivity index (χ3v) is 5.74. The van der Waals surface area contributed by atoms with Crippen molar-refractivity contribution in [1.29, 1.82) is 0 Å². The zero-order chi connectivity index (χ0) is 19.6. The van der Waals surface area contributed by atoms with Gasteiger partial charge < -0.3 is 24.5 Å². The smallest absolute Gasteiger partial charge is 0.326 e. The Labute approximate surface area is 160 Å². The van der Waals surface area contributed by atoms with Crippen LogP contribution in [0.25, 0.3) is 10.9 Å². The second-order valence-corrected chi connectivity index (χ2v) is 7.00. The molecule has 2 aliphatic rings. The molecule has 28 heavy (non-hydrogen) atoms. The molecule has 142 valence electrons. The van der Waals surface area contributed by atoms with Crippen molar-refractivity contribution in [1.82, 2.24) is 9.88 Å². The molecule has 0 aliphatic carbocycles. The lowest BCUT2D eigenvalue weighted by molar-refractivity contribution is -0.143. The lowest BCUT2D eigenvalue weighted by Gasteiger charge is -2.35. The molecular formula is C21H18N2O5. The van der Waals surface area contributed by atoms with Gasteiger partial charge in [-0.2, -0.15) is 0 Å². The second kappa shape index (κ2) is 5.76. The van der Waals surface area contributed by atoms with E-state index < -0.39 is 18.1 Å². The number of rotatable bonds is 3. The van der Waals surface area contributed by atoms with Crippen LogP contribution in [0.3, 0.4) is 0 Å². The average molecular weight is 378 g/mol. The van der Waals surface area contributed by atoms with Crippen molar-refractivity contribution in [3.05, 3.63) is 58.8 Å². The highest BCUT2D eigenvalue weighted by Crippen LogP contribution is 2.50. The number of methoxy groups -OCH3 is 2. The number of nitrogens with zero attached hydrogens (tertiary/aromatic N) is 1. The minimum atomic E-state index is -1.02. The molecule has 3 aromatic rings. The van der Waals surface area contributed by atoms with E-state index in [0.717, 1.165) is 27.7 Å². The Bertz CT molecular complexity index is 1150. The molecule has 0 fully saturated rings. The highest BCUT2D eigenvalue weighted by Gasteiger charge is 2.50. The van der Waals surface area contributed by atoms with Crippen molar-refractivity contribution < 1.29 is 24.2 Å². The zero-order valence-corrected chi connectivity index (χ0v) is 15.4. The summed E-state index contributed by atoms with van der Waals surface area (Å²) in [5.41, 5.74) is 3.82. The zero-order valence-electron chi connectivity index (χ0n) is 15.4. The van der Waals surface area contributed by atoms with Crippen molar-refractivity contribution >= 4 is 22.8 Å². The number of carbonyl (C=O) groups excluding carboxylic acids is 1. The van der Waals surface area contributed by atoms with Gasteiger partial charge in [-0.25, -0.2) is 4.79 Å². The molecule has 7 heteroatoms. The molecule has 0 radical (unpaired) electrons. The lowest BCUT2D eigenvalue weighted by Crippen LogP contribution is -2.48. The molecule has 1 amide bonds. The van der Waals surface area contributed by atoms with Crippen LogP contribution >= 0.6 is 0 Å². The van der Waals surface area contributed by atoms with Crippen molar-refractivity contribution in [3.63, 3.8) is 0 Å². The molecule has 3 heterocycles. The van der Waals surface area contributed by atoms with Crippen LogP contribution in [0.4, 0.5) is 0 Å². The minimum Gasteiger partial charge on any atom is -0.493 e. The number of ether oxygens (including phenoxy) is 2. The van der Waals surface area contributed by atoms with Crippen LogP contribution in [-0.2, 0) is 11.2 Å². The number of para-hydroxylation sites is 1. The normalized spacial score (nSPS) is 19.9. The van der Waals surface area contributed by atoms with Crippen LogP contribution < -0.4 is 9.47 Å². The molecule has 0 saturated heterocycles. The molecular weight excluding hydrogens is 360 g/mol. The molecule has 2 atom stereocenters. The molecule has 0 bridgehead atoms. The molecule has 2 aliphatic heterocycles. The fourth-order valence-electron chi connectivity index (χ4n) is 4.58. The molecule has 1 unspecified atom stereocenters. The van der Waals surface area contributed by atoms with Gasteiger partial charge in [-0.15, -0.1) is 0 Å². The molecule has 1 aromatic heterocycles. The molecule has 0 spiro atoms. The second-order valence-electron chi connectivity index (χ2n) is 7.00. The molecule has 0 saturated carbocycles. The first-order valence-electron chi connectivity index (χ1n) is 8.96. The SMILES string of the molecule is COc1ccc2c(c1OC)C(=O)N1C2c2[nH]c3ccccc3c2C[C@H]1C(=O)O. The van der Waals surface area contributed by atoms with Gasteiger partial charge in [-0.05, 0) is 23.3 Å². The lowest BCUT2D eigenvalue weighted by atomic mass is 9.90. The van der Waals surface area contributed by atoms with Crippen LogP contribution in [0.1, 0.15) is 33.2 Å². The first kappa shape index (κ1) is 16.7. The van der Waals surface area contributed by atoms with E-state index in [1.54, 1.807) is 6.07 Å². The van der Waals surface area contributed by atoms with E-state index in [0.29, 0.717) is 17.1 Å². The van der Waals surface area contributed by atoms with Crippen molar-refractivity contribution in [2.75, 3.05) is 14.2 Å². The van der Waals surface area contributed by atoms with Gasteiger partial charge >= 0.3 is 5.97 Å². The summed E-state index contributed by atoms with van der Waals surface area (Å²) in [4.78, 5) is 30.3. The monoisotopic (exact) mass is 378 g/mol. The summed E-state index contributed by atoms with van der Waals surface area (Å²) in [5, 5.41) is 10.9. The topological polar surface area (TPSA) is 91.9 Å². The number of aliphatic carboxylic acids is 1. The Hall–Kier alpha value is -3.48. The molecule has 2 N–H and O–H groups in total. The number of carbonyl (C=O) groups is 2. The van der Waals surface area contributed by atoms with Crippen molar-refractivity contribution in [3.8, 4) is 11.5 Å². The van der Waals surface area contributed by atoms with E-state index >= 15 is 0 Å². The molecule has 2 aromatic carbocycles. The highest BCUT2D eigenvalue weighted by molar-refractivity contribution is 6.05. The number of aromatic nitrogens is 1. The van der Waals surface area contributed by atoms with Gasteiger partial charge in [0.25, 0.3) is 5.91 Å². The van der Waals surface area contributed by atoms with E-state index in [9.17, 15) is 14.7 Å². The molecule has 7 nitrogen and oxygen atoms in total. The van der Waals surface area contributed by atoms with E-state index in [4.69, 9.17) is 9.47 Å². The summed E-state index contributed by atoms with van der Waals surface area (Å²) in [6.07, 6.45) is 0.254. The number of aromatic amines is 1. The fraction of sp³-hybridized carbons (Fsp3) is 0.238. The van der Waals surface area contributed by atoms with Gasteiger partial charge in [-0.1, -0.05) is 24.3 Å².